The number of H-pyrrole nitrogens is 1. The molecule has 0 aliphatic carbocycles. The van der Waals surface area contributed by atoms with Gasteiger partial charge >= 0.3 is 0 Å². The summed E-state index contributed by atoms with van der Waals surface area (Å²) in [6.07, 6.45) is 1.70. The first-order valence-electron chi connectivity index (χ1n) is 11.6. The zero-order valence-electron chi connectivity index (χ0n) is 19.5. The fraction of sp³-hybridized carbons (Fsp3) is 0.0333. The van der Waals surface area contributed by atoms with E-state index in [0.29, 0.717) is 17.1 Å². The summed E-state index contributed by atoms with van der Waals surface area (Å²) in [5.74, 6) is 0.307. The van der Waals surface area contributed by atoms with Crippen LogP contribution >= 0.6 is 0 Å². The van der Waals surface area contributed by atoms with Gasteiger partial charge in [0, 0.05) is 5.56 Å². The number of amides is 1. The molecule has 6 nitrogen and oxygen atoms in total. The molecule has 174 valence electrons. The minimum Gasteiger partial charge on any atom is -0.496 e. The summed E-state index contributed by atoms with van der Waals surface area (Å²) in [6.45, 7) is 0. The van der Waals surface area contributed by atoms with Gasteiger partial charge in [-0.2, -0.15) is 10.2 Å². The van der Waals surface area contributed by atoms with Crippen molar-refractivity contribution in [3.63, 3.8) is 0 Å². The number of aromatic nitrogens is 2. The second kappa shape index (κ2) is 9.00. The Hall–Kier alpha value is -4.97. The molecule has 0 spiro atoms. The Kier molecular flexibility index (Phi) is 5.39. The van der Waals surface area contributed by atoms with E-state index in [1.54, 1.807) is 19.4 Å². The summed E-state index contributed by atoms with van der Waals surface area (Å²) in [5, 5.41) is 18.0. The zero-order chi connectivity index (χ0) is 24.5. The summed E-state index contributed by atoms with van der Waals surface area (Å²) < 4.78 is 5.58. The van der Waals surface area contributed by atoms with Gasteiger partial charge in [0.2, 0.25) is 0 Å². The lowest BCUT2D eigenvalue weighted by atomic mass is 9.97. The van der Waals surface area contributed by atoms with E-state index >= 15 is 0 Å². The average molecular weight is 471 g/mol. The molecule has 6 rings (SSSR count). The third-order valence-corrected chi connectivity index (χ3v) is 6.36. The maximum atomic E-state index is 12.9. The Morgan fingerprint density at radius 3 is 2.17 bits per heavy atom. The first kappa shape index (κ1) is 21.6. The number of aromatic amines is 1. The Morgan fingerprint density at radius 2 is 1.47 bits per heavy atom. The van der Waals surface area contributed by atoms with Gasteiger partial charge in [0.1, 0.15) is 11.4 Å². The molecule has 6 heteroatoms. The Labute approximate surface area is 207 Å². The molecule has 0 unspecified atom stereocenters. The van der Waals surface area contributed by atoms with Crippen LogP contribution in [0, 0.1) is 0 Å². The Balaban J connectivity index is 1.31. The molecular formula is C30H22N4O2. The number of hydrogen-bond donors (Lipinski definition) is 2. The van der Waals surface area contributed by atoms with Crippen LogP contribution in [0.4, 0.5) is 0 Å². The van der Waals surface area contributed by atoms with Crippen LogP contribution in [-0.2, 0) is 0 Å². The highest BCUT2D eigenvalue weighted by atomic mass is 16.5. The normalized spacial score (nSPS) is 11.5. The molecule has 0 atom stereocenters. The summed E-state index contributed by atoms with van der Waals surface area (Å²) in [7, 11) is 1.62. The first-order chi connectivity index (χ1) is 17.7. The van der Waals surface area contributed by atoms with Gasteiger partial charge < -0.3 is 4.74 Å². The summed E-state index contributed by atoms with van der Waals surface area (Å²) >= 11 is 0. The number of hydrogen-bond acceptors (Lipinski definition) is 4. The number of nitrogens with zero attached hydrogens (tertiary/aromatic N) is 2. The molecule has 6 aromatic rings. The van der Waals surface area contributed by atoms with Gasteiger partial charge in [0.25, 0.3) is 5.91 Å². The second-order valence-corrected chi connectivity index (χ2v) is 8.46. The summed E-state index contributed by atoms with van der Waals surface area (Å²) in [5.41, 5.74) is 5.35. The molecule has 1 aromatic heterocycles. The third kappa shape index (κ3) is 3.75. The van der Waals surface area contributed by atoms with Gasteiger partial charge in [-0.3, -0.25) is 9.89 Å². The van der Waals surface area contributed by atoms with Gasteiger partial charge in [-0.1, -0.05) is 78.9 Å². The molecular weight excluding hydrogens is 448 g/mol. The van der Waals surface area contributed by atoms with Crippen LogP contribution in [0.3, 0.4) is 0 Å². The first-order valence-corrected chi connectivity index (χ1v) is 11.6. The summed E-state index contributed by atoms with van der Waals surface area (Å²) in [6, 6.07) is 32.1. The molecule has 0 aliphatic heterocycles. The molecule has 0 saturated heterocycles. The fourth-order valence-electron chi connectivity index (χ4n) is 4.66. The Morgan fingerprint density at radius 1 is 0.833 bits per heavy atom. The van der Waals surface area contributed by atoms with Gasteiger partial charge in [-0.15, -0.1) is 0 Å². The second-order valence-electron chi connectivity index (χ2n) is 8.46. The SMILES string of the molecule is COc1ccc2ccccc2c1-c1cc(C(=O)N/N=C/c2c3ccccc3cc3ccccc23)[nH]n1. The molecule has 0 radical (unpaired) electrons. The van der Waals surface area contributed by atoms with E-state index in [1.165, 1.54) is 0 Å². The van der Waals surface area contributed by atoms with Crippen LogP contribution in [0.25, 0.3) is 43.6 Å². The predicted molar refractivity (Wildman–Crippen MR) is 145 cm³/mol. The van der Waals surface area contributed by atoms with Gasteiger partial charge in [-0.25, -0.2) is 5.43 Å². The number of benzene rings is 5. The molecule has 0 bridgehead atoms. The highest BCUT2D eigenvalue weighted by Gasteiger charge is 2.16. The van der Waals surface area contributed by atoms with E-state index in [4.69, 9.17) is 4.74 Å². The molecule has 1 amide bonds. The number of carbonyl (C=O) groups is 1. The quantitative estimate of drug-likeness (QED) is 0.176. The standard InChI is InChI=1S/C30H22N4O2/c1-36-28-15-14-19-8-2-7-13-24(19)29(28)26-17-27(33-32-26)30(35)34-31-18-25-22-11-5-3-9-20(22)16-21-10-4-6-12-23(21)25/h2-18H,1H3,(H,32,33)(H,34,35)/b31-18+. The molecule has 0 aliphatic rings. The van der Waals surface area contributed by atoms with Crippen molar-refractivity contribution in [2.24, 2.45) is 5.10 Å². The van der Waals surface area contributed by atoms with E-state index in [2.05, 4.69) is 51.1 Å². The highest BCUT2D eigenvalue weighted by molar-refractivity contribution is 6.13. The zero-order valence-corrected chi connectivity index (χ0v) is 19.5. The van der Waals surface area contributed by atoms with Crippen LogP contribution in [0.15, 0.2) is 102 Å². The molecule has 1 heterocycles. The maximum absolute atomic E-state index is 12.9. The van der Waals surface area contributed by atoms with E-state index in [0.717, 1.165) is 43.4 Å². The van der Waals surface area contributed by atoms with Crippen molar-refractivity contribution in [1.82, 2.24) is 15.6 Å². The van der Waals surface area contributed by atoms with E-state index in [9.17, 15) is 4.79 Å². The lowest BCUT2D eigenvalue weighted by Crippen LogP contribution is -2.18. The fourth-order valence-corrected chi connectivity index (χ4v) is 4.66. The molecule has 2 N–H and O–H groups in total. The maximum Gasteiger partial charge on any atom is 0.289 e. The van der Waals surface area contributed by atoms with E-state index in [1.807, 2.05) is 60.7 Å². The van der Waals surface area contributed by atoms with Crippen molar-refractivity contribution >= 4 is 44.4 Å². The topological polar surface area (TPSA) is 79.4 Å². The third-order valence-electron chi connectivity index (χ3n) is 6.36. The smallest absolute Gasteiger partial charge is 0.289 e. The lowest BCUT2D eigenvalue weighted by Gasteiger charge is -2.09. The van der Waals surface area contributed by atoms with Crippen molar-refractivity contribution in [3.05, 3.63) is 108 Å². The van der Waals surface area contributed by atoms with Crippen LogP contribution in [0.5, 0.6) is 5.75 Å². The van der Waals surface area contributed by atoms with Crippen molar-refractivity contribution in [2.75, 3.05) is 7.11 Å². The number of rotatable bonds is 5. The van der Waals surface area contributed by atoms with Crippen molar-refractivity contribution in [3.8, 4) is 17.0 Å². The molecule has 36 heavy (non-hydrogen) atoms. The number of fused-ring (bicyclic) bond motifs is 3. The minimum absolute atomic E-state index is 0.305. The average Bonchev–Trinajstić information content (AvgIpc) is 3.42. The number of nitrogens with one attached hydrogen (secondary N) is 2. The number of carbonyl (C=O) groups excluding carboxylic acids is 1. The monoisotopic (exact) mass is 470 g/mol. The van der Waals surface area contributed by atoms with E-state index in [-0.39, 0.29) is 5.91 Å². The largest absolute Gasteiger partial charge is 0.496 e. The number of hydrazone groups is 1. The minimum atomic E-state index is -0.381. The van der Waals surface area contributed by atoms with Crippen LogP contribution in [0.2, 0.25) is 0 Å². The van der Waals surface area contributed by atoms with Gasteiger partial charge in [0.05, 0.1) is 24.6 Å². The lowest BCUT2D eigenvalue weighted by molar-refractivity contribution is 0.0950. The molecule has 0 fully saturated rings. The van der Waals surface area contributed by atoms with Crippen molar-refractivity contribution in [2.45, 2.75) is 0 Å². The highest BCUT2D eigenvalue weighted by Crippen LogP contribution is 2.36. The van der Waals surface area contributed by atoms with Crippen LogP contribution < -0.4 is 10.2 Å². The van der Waals surface area contributed by atoms with Crippen molar-refractivity contribution < 1.29 is 9.53 Å². The molecule has 5 aromatic carbocycles. The predicted octanol–water partition coefficient (Wildman–Crippen LogP) is 6.31. The van der Waals surface area contributed by atoms with E-state index < -0.39 is 0 Å². The summed E-state index contributed by atoms with van der Waals surface area (Å²) in [4.78, 5) is 12.9. The van der Waals surface area contributed by atoms with Crippen molar-refractivity contribution in [1.29, 1.82) is 0 Å². The van der Waals surface area contributed by atoms with Crippen LogP contribution in [0.1, 0.15) is 16.1 Å². The molecule has 0 saturated carbocycles. The number of methoxy groups -OCH3 is 1. The van der Waals surface area contributed by atoms with Crippen LogP contribution in [-0.4, -0.2) is 29.4 Å². The number of ether oxygens (including phenoxy) is 1. The Bertz CT molecular complexity index is 1730. The van der Waals surface area contributed by atoms with Gasteiger partial charge in [0.15, 0.2) is 0 Å². The van der Waals surface area contributed by atoms with Gasteiger partial charge in [-0.05, 0) is 50.5 Å².